The van der Waals surface area contributed by atoms with Crippen LogP contribution in [0.15, 0.2) is 16.6 Å². The topological polar surface area (TPSA) is 21.3 Å². The van der Waals surface area contributed by atoms with Gasteiger partial charge < -0.3 is 4.84 Å². The molecule has 0 radical (unpaired) electrons. The van der Waals surface area contributed by atoms with Crippen LogP contribution in [0.4, 0.5) is 4.39 Å². The lowest BCUT2D eigenvalue weighted by Crippen LogP contribution is -2.11. The minimum atomic E-state index is -0.243. The number of aryl methyl sites for hydroxylation is 1. The SMILES string of the molecule is CONCc1cc(C)cc(F)c1Br. The Balaban J connectivity index is 2.92. The third-order valence-electron chi connectivity index (χ3n) is 1.65. The number of nitrogens with one attached hydrogen (secondary N) is 1. The molecule has 0 aliphatic rings. The van der Waals surface area contributed by atoms with Crippen molar-refractivity contribution in [2.75, 3.05) is 7.11 Å². The average molecular weight is 248 g/mol. The Bertz CT molecular complexity index is 304. The fraction of sp³-hybridized carbons (Fsp3) is 0.333. The van der Waals surface area contributed by atoms with E-state index in [0.717, 1.165) is 11.1 Å². The second-order valence-corrected chi connectivity index (χ2v) is 3.54. The first kappa shape index (κ1) is 10.6. The number of hydroxylamine groups is 1. The van der Waals surface area contributed by atoms with Crippen LogP contribution in [-0.2, 0) is 11.4 Å². The predicted octanol–water partition coefficient (Wildman–Crippen LogP) is 2.55. The van der Waals surface area contributed by atoms with Gasteiger partial charge in [0.25, 0.3) is 0 Å². The molecule has 0 saturated carbocycles. The molecule has 0 aromatic heterocycles. The summed E-state index contributed by atoms with van der Waals surface area (Å²) in [7, 11) is 1.53. The lowest BCUT2D eigenvalue weighted by Gasteiger charge is -2.07. The first-order valence-corrected chi connectivity index (χ1v) is 4.65. The van der Waals surface area contributed by atoms with Crippen LogP contribution >= 0.6 is 15.9 Å². The van der Waals surface area contributed by atoms with Gasteiger partial charge in [-0.05, 0) is 40.0 Å². The number of hydrogen-bond acceptors (Lipinski definition) is 2. The van der Waals surface area contributed by atoms with Crippen LogP contribution in [-0.4, -0.2) is 7.11 Å². The highest BCUT2D eigenvalue weighted by Crippen LogP contribution is 2.22. The molecule has 1 N–H and O–H groups in total. The Morgan fingerprint density at radius 2 is 2.23 bits per heavy atom. The van der Waals surface area contributed by atoms with Crippen molar-refractivity contribution in [1.29, 1.82) is 0 Å². The molecule has 2 nitrogen and oxygen atoms in total. The summed E-state index contributed by atoms with van der Waals surface area (Å²) in [6.07, 6.45) is 0. The van der Waals surface area contributed by atoms with Crippen LogP contribution < -0.4 is 5.48 Å². The highest BCUT2D eigenvalue weighted by Gasteiger charge is 2.06. The second-order valence-electron chi connectivity index (χ2n) is 2.75. The maximum Gasteiger partial charge on any atom is 0.137 e. The summed E-state index contributed by atoms with van der Waals surface area (Å²) >= 11 is 3.17. The molecule has 0 heterocycles. The van der Waals surface area contributed by atoms with E-state index in [-0.39, 0.29) is 5.82 Å². The maximum atomic E-state index is 13.2. The predicted molar refractivity (Wildman–Crippen MR) is 52.7 cm³/mol. The van der Waals surface area contributed by atoms with Gasteiger partial charge in [-0.15, -0.1) is 0 Å². The van der Waals surface area contributed by atoms with E-state index in [4.69, 9.17) is 0 Å². The van der Waals surface area contributed by atoms with Crippen LogP contribution in [0.25, 0.3) is 0 Å². The third kappa shape index (κ3) is 2.76. The summed E-state index contributed by atoms with van der Waals surface area (Å²) in [5.41, 5.74) is 4.41. The molecule has 72 valence electrons. The van der Waals surface area contributed by atoms with Crippen molar-refractivity contribution in [3.05, 3.63) is 33.5 Å². The van der Waals surface area contributed by atoms with Crippen molar-refractivity contribution in [1.82, 2.24) is 5.48 Å². The zero-order chi connectivity index (χ0) is 9.84. The molecule has 0 atom stereocenters. The summed E-state index contributed by atoms with van der Waals surface area (Å²) < 4.78 is 13.6. The monoisotopic (exact) mass is 247 g/mol. The quantitative estimate of drug-likeness (QED) is 0.830. The van der Waals surface area contributed by atoms with Crippen molar-refractivity contribution < 1.29 is 9.23 Å². The smallest absolute Gasteiger partial charge is 0.137 e. The average Bonchev–Trinajstić information content (AvgIpc) is 2.09. The molecule has 13 heavy (non-hydrogen) atoms. The van der Waals surface area contributed by atoms with Crippen LogP contribution in [0.3, 0.4) is 0 Å². The van der Waals surface area contributed by atoms with Gasteiger partial charge in [-0.25, -0.2) is 4.39 Å². The van der Waals surface area contributed by atoms with Gasteiger partial charge >= 0.3 is 0 Å². The summed E-state index contributed by atoms with van der Waals surface area (Å²) in [5.74, 6) is -0.243. The van der Waals surface area contributed by atoms with E-state index >= 15 is 0 Å². The Kier molecular flexibility index (Phi) is 3.84. The third-order valence-corrected chi connectivity index (χ3v) is 2.54. The van der Waals surface area contributed by atoms with Crippen molar-refractivity contribution in [2.45, 2.75) is 13.5 Å². The van der Waals surface area contributed by atoms with E-state index in [9.17, 15) is 4.39 Å². The lowest BCUT2D eigenvalue weighted by atomic mass is 10.1. The van der Waals surface area contributed by atoms with Gasteiger partial charge in [0.2, 0.25) is 0 Å². The first-order valence-electron chi connectivity index (χ1n) is 3.85. The zero-order valence-corrected chi connectivity index (χ0v) is 9.11. The molecule has 0 bridgehead atoms. The Labute approximate surface area is 85.2 Å². The minimum absolute atomic E-state index is 0.243. The molecule has 0 aliphatic heterocycles. The number of halogens is 2. The molecule has 1 aromatic carbocycles. The molecule has 0 unspecified atom stereocenters. The van der Waals surface area contributed by atoms with Crippen LogP contribution in [0.1, 0.15) is 11.1 Å². The summed E-state index contributed by atoms with van der Waals surface area (Å²) in [6, 6.07) is 3.39. The van der Waals surface area contributed by atoms with Crippen LogP contribution in [0.2, 0.25) is 0 Å². The van der Waals surface area contributed by atoms with Crippen LogP contribution in [0, 0.1) is 12.7 Å². The highest BCUT2D eigenvalue weighted by atomic mass is 79.9. The molecular weight excluding hydrogens is 237 g/mol. The summed E-state index contributed by atoms with van der Waals surface area (Å²) in [5, 5.41) is 0. The highest BCUT2D eigenvalue weighted by molar-refractivity contribution is 9.10. The van der Waals surface area contributed by atoms with E-state index in [1.165, 1.54) is 13.2 Å². The van der Waals surface area contributed by atoms with Gasteiger partial charge in [0.1, 0.15) is 5.82 Å². The molecule has 0 spiro atoms. The normalized spacial score (nSPS) is 10.5. The van der Waals surface area contributed by atoms with Crippen molar-refractivity contribution >= 4 is 15.9 Å². The van der Waals surface area contributed by atoms with Gasteiger partial charge in [0.05, 0.1) is 11.6 Å². The van der Waals surface area contributed by atoms with E-state index in [1.807, 2.05) is 13.0 Å². The molecule has 4 heteroatoms. The largest absolute Gasteiger partial charge is 0.305 e. The molecule has 0 fully saturated rings. The van der Waals surface area contributed by atoms with Crippen molar-refractivity contribution in [2.24, 2.45) is 0 Å². The van der Waals surface area contributed by atoms with E-state index in [1.54, 1.807) is 0 Å². The molecule has 0 aliphatic carbocycles. The van der Waals surface area contributed by atoms with Gasteiger partial charge in [0.15, 0.2) is 0 Å². The fourth-order valence-electron chi connectivity index (χ4n) is 1.08. The zero-order valence-electron chi connectivity index (χ0n) is 7.53. The van der Waals surface area contributed by atoms with E-state index in [0.29, 0.717) is 11.0 Å². The van der Waals surface area contributed by atoms with Crippen molar-refractivity contribution in [3.63, 3.8) is 0 Å². The Morgan fingerprint density at radius 3 is 2.85 bits per heavy atom. The van der Waals surface area contributed by atoms with Gasteiger partial charge in [0, 0.05) is 6.54 Å². The molecule has 1 aromatic rings. The van der Waals surface area contributed by atoms with Crippen LogP contribution in [0.5, 0.6) is 0 Å². The molecule has 0 saturated heterocycles. The fourth-order valence-corrected chi connectivity index (χ4v) is 1.44. The van der Waals surface area contributed by atoms with Gasteiger partial charge in [-0.1, -0.05) is 6.07 Å². The Morgan fingerprint density at radius 1 is 1.54 bits per heavy atom. The second kappa shape index (κ2) is 4.69. The lowest BCUT2D eigenvalue weighted by molar-refractivity contribution is 0.0865. The Hall–Kier alpha value is -0.450. The number of rotatable bonds is 3. The minimum Gasteiger partial charge on any atom is -0.305 e. The van der Waals surface area contributed by atoms with Gasteiger partial charge in [-0.3, -0.25) is 0 Å². The molecule has 1 rings (SSSR count). The molecular formula is C9H11BrFNO. The standard InChI is InChI=1S/C9H11BrFNO/c1-6-3-7(5-12-13-2)9(10)8(11)4-6/h3-4,12H,5H2,1-2H3. The summed E-state index contributed by atoms with van der Waals surface area (Å²) in [6.45, 7) is 2.33. The molecule has 0 amide bonds. The number of hydrogen-bond donors (Lipinski definition) is 1. The maximum absolute atomic E-state index is 13.2. The van der Waals surface area contributed by atoms with E-state index < -0.39 is 0 Å². The van der Waals surface area contributed by atoms with Crippen molar-refractivity contribution in [3.8, 4) is 0 Å². The van der Waals surface area contributed by atoms with Gasteiger partial charge in [-0.2, -0.15) is 5.48 Å². The first-order chi connectivity index (χ1) is 6.15. The number of benzene rings is 1. The van der Waals surface area contributed by atoms with E-state index in [2.05, 4.69) is 26.2 Å². The summed E-state index contributed by atoms with van der Waals surface area (Å²) in [4.78, 5) is 4.69.